The van der Waals surface area contributed by atoms with Crippen molar-refractivity contribution in [3.05, 3.63) is 57.8 Å². The normalized spacial score (nSPS) is 13.9. The minimum absolute atomic E-state index is 0.208. The van der Waals surface area contributed by atoms with Crippen molar-refractivity contribution in [1.82, 2.24) is 9.88 Å². The summed E-state index contributed by atoms with van der Waals surface area (Å²) in [5, 5.41) is 3.99. The largest absolute Gasteiger partial charge is 0.323 e. The third-order valence-electron chi connectivity index (χ3n) is 3.39. The van der Waals surface area contributed by atoms with E-state index in [0.29, 0.717) is 40.5 Å². The molecule has 3 rings (SSSR count). The number of halogens is 2. The summed E-state index contributed by atoms with van der Waals surface area (Å²) < 4.78 is 0. The summed E-state index contributed by atoms with van der Waals surface area (Å²) in [5.41, 5.74) is 1.70. The maximum Gasteiger partial charge on any atom is 0.279 e. The first-order chi connectivity index (χ1) is 11.1. The summed E-state index contributed by atoms with van der Waals surface area (Å²) in [5.74, 6) is 0.217. The fraction of sp³-hybridized carbons (Fsp3) is 0.188. The van der Waals surface area contributed by atoms with Crippen molar-refractivity contribution in [1.29, 1.82) is 0 Å². The Hall–Kier alpha value is -2.11. The van der Waals surface area contributed by atoms with Crippen LogP contribution in [0.15, 0.2) is 41.4 Å². The molecule has 0 atom stereocenters. The summed E-state index contributed by atoms with van der Waals surface area (Å²) in [6.45, 7) is 2.85. The first kappa shape index (κ1) is 15.8. The number of pyridine rings is 1. The predicted octanol–water partition coefficient (Wildman–Crippen LogP) is 3.62. The molecule has 0 unspecified atom stereocenters. The summed E-state index contributed by atoms with van der Waals surface area (Å²) >= 11 is 12.3. The van der Waals surface area contributed by atoms with Crippen LogP contribution in [0.5, 0.6) is 0 Å². The van der Waals surface area contributed by atoms with E-state index in [2.05, 4.69) is 15.3 Å². The van der Waals surface area contributed by atoms with E-state index in [1.54, 1.807) is 35.2 Å². The van der Waals surface area contributed by atoms with Gasteiger partial charge in [0, 0.05) is 12.2 Å². The van der Waals surface area contributed by atoms with E-state index in [1.165, 1.54) is 0 Å². The van der Waals surface area contributed by atoms with Crippen molar-refractivity contribution in [3.63, 3.8) is 0 Å². The van der Waals surface area contributed by atoms with Gasteiger partial charge < -0.3 is 5.32 Å². The molecule has 0 aliphatic carbocycles. The second kappa shape index (κ2) is 6.56. The lowest BCUT2D eigenvalue weighted by molar-refractivity contribution is 0.0852. The first-order valence-electron chi connectivity index (χ1n) is 7.07. The Morgan fingerprint density at radius 2 is 1.87 bits per heavy atom. The number of aliphatic imine (C=N–C) groups is 1. The molecule has 1 aliphatic heterocycles. The summed E-state index contributed by atoms with van der Waals surface area (Å²) in [7, 11) is 0. The highest BCUT2D eigenvalue weighted by atomic mass is 35.5. The molecule has 1 aromatic carbocycles. The Kier molecular flexibility index (Phi) is 4.50. The number of carbonyl (C=O) groups excluding carboxylic acids is 1. The number of benzene rings is 1. The molecule has 1 amide bonds. The molecule has 1 aliphatic rings. The van der Waals surface area contributed by atoms with Crippen LogP contribution in [0.1, 0.15) is 16.2 Å². The fourth-order valence-corrected chi connectivity index (χ4v) is 2.77. The highest BCUT2D eigenvalue weighted by molar-refractivity contribution is 6.39. The van der Waals surface area contributed by atoms with E-state index in [1.807, 2.05) is 13.0 Å². The molecule has 0 saturated carbocycles. The highest BCUT2D eigenvalue weighted by Crippen LogP contribution is 2.30. The average Bonchev–Trinajstić information content (AvgIpc) is 2.98. The molecular weight excluding hydrogens is 335 g/mol. The molecule has 1 N–H and O–H groups in total. The minimum atomic E-state index is -0.208. The van der Waals surface area contributed by atoms with E-state index in [0.717, 1.165) is 5.69 Å². The van der Waals surface area contributed by atoms with Gasteiger partial charge in [-0.3, -0.25) is 14.7 Å². The highest BCUT2D eigenvalue weighted by Gasteiger charge is 2.26. The quantitative estimate of drug-likeness (QED) is 0.901. The topological polar surface area (TPSA) is 57.6 Å². The van der Waals surface area contributed by atoms with Gasteiger partial charge in [-0.15, -0.1) is 0 Å². The van der Waals surface area contributed by atoms with Crippen molar-refractivity contribution in [2.45, 2.75) is 6.92 Å². The molecule has 118 valence electrons. The summed E-state index contributed by atoms with van der Waals surface area (Å²) in [4.78, 5) is 22.8. The molecule has 23 heavy (non-hydrogen) atoms. The van der Waals surface area contributed by atoms with Crippen LogP contribution < -0.4 is 5.32 Å². The van der Waals surface area contributed by atoms with E-state index in [-0.39, 0.29) is 5.91 Å². The molecule has 0 fully saturated rings. The Labute approximate surface area is 144 Å². The lowest BCUT2D eigenvalue weighted by atomic mass is 10.3. The first-order valence-corrected chi connectivity index (χ1v) is 7.83. The van der Waals surface area contributed by atoms with Crippen molar-refractivity contribution >= 4 is 40.8 Å². The maximum absolute atomic E-state index is 12.6. The molecule has 2 aromatic rings. The monoisotopic (exact) mass is 348 g/mol. The number of hydrogen-bond acceptors (Lipinski definition) is 4. The molecule has 1 aromatic heterocycles. The van der Waals surface area contributed by atoms with Crippen LogP contribution in [-0.4, -0.2) is 34.8 Å². The molecular formula is C16H14Cl2N4O. The lowest BCUT2D eigenvalue weighted by Gasteiger charge is -2.20. The van der Waals surface area contributed by atoms with Gasteiger partial charge in [-0.2, -0.15) is 0 Å². The van der Waals surface area contributed by atoms with Crippen molar-refractivity contribution in [2.75, 3.05) is 18.4 Å². The molecule has 7 heteroatoms. The predicted molar refractivity (Wildman–Crippen MR) is 92.4 cm³/mol. The number of aromatic nitrogens is 1. The molecule has 0 radical (unpaired) electrons. The molecule has 0 spiro atoms. The minimum Gasteiger partial charge on any atom is -0.323 e. The summed E-state index contributed by atoms with van der Waals surface area (Å²) in [6, 6.07) is 10.5. The zero-order chi connectivity index (χ0) is 16.4. The number of aryl methyl sites for hydroxylation is 1. The van der Waals surface area contributed by atoms with Gasteiger partial charge in [0.1, 0.15) is 5.69 Å². The lowest BCUT2D eigenvalue weighted by Crippen LogP contribution is -2.38. The van der Waals surface area contributed by atoms with E-state index in [4.69, 9.17) is 23.2 Å². The number of anilines is 1. The third kappa shape index (κ3) is 3.30. The van der Waals surface area contributed by atoms with Gasteiger partial charge in [0.2, 0.25) is 5.96 Å². The molecule has 5 nitrogen and oxygen atoms in total. The van der Waals surface area contributed by atoms with Gasteiger partial charge in [-0.05, 0) is 31.2 Å². The van der Waals surface area contributed by atoms with Crippen LogP contribution >= 0.6 is 23.2 Å². The number of amides is 1. The second-order valence-electron chi connectivity index (χ2n) is 5.05. The van der Waals surface area contributed by atoms with E-state index < -0.39 is 0 Å². The van der Waals surface area contributed by atoms with Crippen molar-refractivity contribution < 1.29 is 4.79 Å². The second-order valence-corrected chi connectivity index (χ2v) is 5.86. The number of nitrogens with one attached hydrogen (secondary N) is 1. The van der Waals surface area contributed by atoms with Crippen LogP contribution in [0, 0.1) is 6.92 Å². The number of rotatable bonds is 2. The Balaban J connectivity index is 1.85. The Bertz CT molecular complexity index is 771. The fourth-order valence-electron chi connectivity index (χ4n) is 2.28. The Morgan fingerprint density at radius 3 is 2.57 bits per heavy atom. The van der Waals surface area contributed by atoms with Gasteiger partial charge in [-0.25, -0.2) is 4.98 Å². The standard InChI is InChI=1S/C16H14Cl2N4O/c1-10-4-2-7-13(20-10)15(23)22-9-8-19-16(22)21-14-11(17)5-3-6-12(14)18/h2-7H,8-9H2,1H3,(H,19,21). The summed E-state index contributed by atoms with van der Waals surface area (Å²) in [6.07, 6.45) is 0. The smallest absolute Gasteiger partial charge is 0.279 e. The number of carbonyl (C=O) groups is 1. The average molecular weight is 349 g/mol. The van der Waals surface area contributed by atoms with Crippen LogP contribution in [0.25, 0.3) is 0 Å². The zero-order valence-electron chi connectivity index (χ0n) is 12.4. The SMILES string of the molecule is Cc1cccc(C(=O)N2CCN=C2Nc2c(Cl)cccc2Cl)n1. The van der Waals surface area contributed by atoms with Crippen LogP contribution in [0.4, 0.5) is 5.69 Å². The third-order valence-corrected chi connectivity index (χ3v) is 4.02. The Morgan fingerprint density at radius 1 is 1.17 bits per heavy atom. The molecule has 2 heterocycles. The van der Waals surface area contributed by atoms with Gasteiger partial charge in [-0.1, -0.05) is 35.3 Å². The molecule has 0 saturated heterocycles. The van der Waals surface area contributed by atoms with E-state index >= 15 is 0 Å². The number of nitrogens with zero attached hydrogens (tertiary/aromatic N) is 3. The number of hydrogen-bond donors (Lipinski definition) is 1. The maximum atomic E-state index is 12.6. The van der Waals surface area contributed by atoms with E-state index in [9.17, 15) is 4.79 Å². The zero-order valence-corrected chi connectivity index (χ0v) is 13.9. The van der Waals surface area contributed by atoms with Crippen molar-refractivity contribution in [3.8, 4) is 0 Å². The van der Waals surface area contributed by atoms with Gasteiger partial charge in [0.15, 0.2) is 0 Å². The number of guanidine groups is 1. The van der Waals surface area contributed by atoms with Gasteiger partial charge in [0.05, 0.1) is 22.3 Å². The van der Waals surface area contributed by atoms with Gasteiger partial charge in [0.25, 0.3) is 5.91 Å². The number of para-hydroxylation sites is 1. The van der Waals surface area contributed by atoms with Crippen LogP contribution in [0.3, 0.4) is 0 Å². The van der Waals surface area contributed by atoms with Crippen molar-refractivity contribution in [2.24, 2.45) is 4.99 Å². The van der Waals surface area contributed by atoms with Gasteiger partial charge >= 0.3 is 0 Å². The molecule has 0 bridgehead atoms. The van der Waals surface area contributed by atoms with Crippen LogP contribution in [-0.2, 0) is 0 Å². The van der Waals surface area contributed by atoms with Crippen LogP contribution in [0.2, 0.25) is 10.0 Å².